The molecule has 3 fully saturated rings. The first-order valence-electron chi connectivity index (χ1n) is 13.3. The molecule has 1 aromatic carbocycles. The minimum atomic E-state index is -1.17. The molecule has 0 spiro atoms. The smallest absolute Gasteiger partial charge is 0.339 e. The van der Waals surface area contributed by atoms with Crippen LogP contribution in [-0.2, 0) is 25.8 Å². The topological polar surface area (TPSA) is 113 Å². The van der Waals surface area contributed by atoms with Gasteiger partial charge in [-0.1, -0.05) is 31.6 Å². The molecule has 0 unspecified atom stereocenters. The van der Waals surface area contributed by atoms with E-state index in [9.17, 15) is 24.5 Å². The second-order valence-electron chi connectivity index (χ2n) is 11.9. The summed E-state index contributed by atoms with van der Waals surface area (Å²) in [6, 6.07) is 6.29. The molecule has 0 heterocycles. The average Bonchev–Trinajstić information content (AvgIpc) is 3.16. The molecule has 4 aliphatic carbocycles. The van der Waals surface area contributed by atoms with Crippen LogP contribution in [0.5, 0.6) is 0 Å². The summed E-state index contributed by atoms with van der Waals surface area (Å²) < 4.78 is 6.20. The van der Waals surface area contributed by atoms with Gasteiger partial charge in [0.2, 0.25) is 0 Å². The molecule has 0 radical (unpaired) electrons. The molecule has 3 saturated carbocycles. The Labute approximate surface area is 216 Å². The van der Waals surface area contributed by atoms with Crippen molar-refractivity contribution in [3.8, 4) is 0 Å². The Bertz CT molecular complexity index is 1170. The maximum Gasteiger partial charge on any atom is 0.339 e. The van der Waals surface area contributed by atoms with Gasteiger partial charge in [-0.15, -0.1) is 10.1 Å². The maximum atomic E-state index is 13.3. The lowest BCUT2D eigenvalue weighted by Crippen LogP contribution is -2.58. The van der Waals surface area contributed by atoms with Crippen LogP contribution in [0.2, 0.25) is 0 Å². The molecule has 8 heteroatoms. The zero-order valence-electron chi connectivity index (χ0n) is 21.8. The van der Waals surface area contributed by atoms with E-state index in [0.29, 0.717) is 35.8 Å². The van der Waals surface area contributed by atoms with Crippen molar-refractivity contribution in [3.63, 3.8) is 0 Å². The summed E-state index contributed by atoms with van der Waals surface area (Å²) in [4.78, 5) is 53.5. The van der Waals surface area contributed by atoms with E-state index in [4.69, 9.17) is 4.74 Å². The van der Waals surface area contributed by atoms with Crippen LogP contribution in [0.4, 0.5) is 0 Å². The molecule has 0 saturated heterocycles. The summed E-state index contributed by atoms with van der Waals surface area (Å²) >= 11 is 0. The number of allylic oxidation sites excluding steroid dienone is 1. The zero-order valence-corrected chi connectivity index (χ0v) is 21.8. The number of fused-ring (bicyclic) bond motifs is 5. The van der Waals surface area contributed by atoms with Gasteiger partial charge in [0.05, 0.1) is 5.56 Å². The molecule has 8 nitrogen and oxygen atoms in total. The lowest BCUT2D eigenvalue weighted by Gasteiger charge is -2.59. The largest absolute Gasteiger partial charge is 0.447 e. The molecular formula is C29H35NO7. The van der Waals surface area contributed by atoms with Crippen LogP contribution in [0.15, 0.2) is 35.9 Å². The van der Waals surface area contributed by atoms with Gasteiger partial charge in [0.15, 0.2) is 17.2 Å². The van der Waals surface area contributed by atoms with Crippen molar-refractivity contribution >= 4 is 17.5 Å². The fraction of sp³-hybridized carbons (Fsp3) is 0.621. The molecule has 198 valence electrons. The third-order valence-corrected chi connectivity index (χ3v) is 10.4. The van der Waals surface area contributed by atoms with E-state index >= 15 is 0 Å². The van der Waals surface area contributed by atoms with Gasteiger partial charge in [-0.05, 0) is 98.8 Å². The van der Waals surface area contributed by atoms with E-state index in [2.05, 4.69) is 18.7 Å². The first-order valence-corrected chi connectivity index (χ1v) is 13.3. The van der Waals surface area contributed by atoms with Crippen LogP contribution in [-0.4, -0.2) is 28.2 Å². The summed E-state index contributed by atoms with van der Waals surface area (Å²) in [5, 5.41) is 9.58. The minimum Gasteiger partial charge on any atom is -0.447 e. The molecule has 6 atom stereocenters. The lowest BCUT2D eigenvalue weighted by atomic mass is 9.46. The molecule has 5 rings (SSSR count). The number of rotatable bonds is 6. The summed E-state index contributed by atoms with van der Waals surface area (Å²) in [6.07, 6.45) is 8.47. The van der Waals surface area contributed by atoms with Crippen molar-refractivity contribution in [1.82, 2.24) is 0 Å². The zero-order chi connectivity index (χ0) is 26.6. The summed E-state index contributed by atoms with van der Waals surface area (Å²) in [6.45, 7) is 5.82. The number of Topliss-reactive ketones (excluding diaryl/α,β-unsaturated/α-hetero) is 1. The van der Waals surface area contributed by atoms with Gasteiger partial charge in [0, 0.05) is 11.8 Å². The van der Waals surface area contributed by atoms with Gasteiger partial charge in [0.1, 0.15) is 6.61 Å². The van der Waals surface area contributed by atoms with Crippen LogP contribution >= 0.6 is 0 Å². The molecule has 0 amide bonds. The Kier molecular flexibility index (Phi) is 6.28. The van der Waals surface area contributed by atoms with Gasteiger partial charge in [-0.3, -0.25) is 9.59 Å². The predicted octanol–water partition coefficient (Wildman–Crippen LogP) is 5.41. The van der Waals surface area contributed by atoms with E-state index < -0.39 is 22.1 Å². The molecule has 4 aliphatic rings. The van der Waals surface area contributed by atoms with Crippen LogP contribution in [0, 0.1) is 38.7 Å². The summed E-state index contributed by atoms with van der Waals surface area (Å²) in [7, 11) is 0. The standard InChI is InChI=1S/C29H35NO7/c1-18(31)29(37-26(33)20-6-4-19(5-7-20)17-36-30(34)35)15-12-25-23-9-8-21-16-22(32)10-13-27(21,2)24(23)11-14-28(25,29)3/h4-7,16,23-25H,8-15,17H2,1-3H3/t23-,24+,25+,27+,28+,29+/m1/s1. The summed E-state index contributed by atoms with van der Waals surface area (Å²) in [5.74, 6) is 0.786. The Morgan fingerprint density at radius 2 is 1.73 bits per heavy atom. The van der Waals surface area contributed by atoms with E-state index in [1.54, 1.807) is 31.2 Å². The fourth-order valence-corrected chi connectivity index (χ4v) is 8.46. The lowest BCUT2D eigenvalue weighted by molar-refractivity contribution is -0.763. The number of ether oxygens (including phenoxy) is 1. The van der Waals surface area contributed by atoms with Gasteiger partial charge in [-0.25, -0.2) is 4.79 Å². The van der Waals surface area contributed by atoms with E-state index in [-0.39, 0.29) is 29.5 Å². The van der Waals surface area contributed by atoms with Crippen LogP contribution in [0.25, 0.3) is 0 Å². The maximum absolute atomic E-state index is 13.3. The van der Waals surface area contributed by atoms with Crippen LogP contribution < -0.4 is 0 Å². The average molecular weight is 510 g/mol. The third-order valence-electron chi connectivity index (χ3n) is 10.4. The number of ketones is 2. The second kappa shape index (κ2) is 9.07. The van der Waals surface area contributed by atoms with Crippen LogP contribution in [0.3, 0.4) is 0 Å². The summed E-state index contributed by atoms with van der Waals surface area (Å²) in [5.41, 5.74) is 0.589. The number of carbonyl (C=O) groups excluding carboxylic acids is 3. The number of carbonyl (C=O) groups is 3. The Balaban J connectivity index is 1.38. The normalized spacial score (nSPS) is 36.5. The fourth-order valence-electron chi connectivity index (χ4n) is 8.46. The Morgan fingerprint density at radius 1 is 1.03 bits per heavy atom. The highest BCUT2D eigenvalue weighted by Crippen LogP contribution is 2.68. The predicted molar refractivity (Wildman–Crippen MR) is 134 cm³/mol. The number of benzene rings is 1. The number of hydrogen-bond acceptors (Lipinski definition) is 7. The van der Waals surface area contributed by atoms with Gasteiger partial charge < -0.3 is 9.57 Å². The Hall–Kier alpha value is -3.03. The molecule has 1 aromatic rings. The number of hydrogen-bond donors (Lipinski definition) is 0. The third kappa shape index (κ3) is 3.99. The molecule has 37 heavy (non-hydrogen) atoms. The van der Waals surface area contributed by atoms with Crippen molar-refractivity contribution in [2.45, 2.75) is 84.3 Å². The minimum absolute atomic E-state index is 0.0387. The van der Waals surface area contributed by atoms with Gasteiger partial charge in [0.25, 0.3) is 5.09 Å². The van der Waals surface area contributed by atoms with Gasteiger partial charge >= 0.3 is 5.97 Å². The van der Waals surface area contributed by atoms with Crippen molar-refractivity contribution in [3.05, 3.63) is 57.2 Å². The first kappa shape index (κ1) is 25.6. The van der Waals surface area contributed by atoms with E-state index in [1.807, 2.05) is 6.08 Å². The second-order valence-corrected chi connectivity index (χ2v) is 11.9. The molecule has 0 aliphatic heterocycles. The van der Waals surface area contributed by atoms with E-state index in [0.717, 1.165) is 38.5 Å². The van der Waals surface area contributed by atoms with Gasteiger partial charge in [-0.2, -0.15) is 0 Å². The highest BCUT2D eigenvalue weighted by molar-refractivity contribution is 5.95. The van der Waals surface area contributed by atoms with Crippen LogP contribution in [0.1, 0.15) is 88.1 Å². The molecular weight excluding hydrogens is 474 g/mol. The van der Waals surface area contributed by atoms with E-state index in [1.165, 1.54) is 5.57 Å². The number of esters is 1. The molecule has 0 bridgehead atoms. The van der Waals surface area contributed by atoms with Crippen molar-refractivity contribution in [2.24, 2.45) is 28.6 Å². The Morgan fingerprint density at radius 3 is 2.41 bits per heavy atom. The van der Waals surface area contributed by atoms with Crippen molar-refractivity contribution in [1.29, 1.82) is 0 Å². The van der Waals surface area contributed by atoms with Crippen molar-refractivity contribution < 1.29 is 29.0 Å². The SMILES string of the molecule is CC(=O)[C@@]1(OC(=O)c2ccc(CO[N+](=O)[O-])cc2)CC[C@H]2[C@@H]3CCC4=CC(=O)CC[C@]4(C)[C@H]3CC[C@@]21C. The molecule has 0 N–H and O–H groups in total. The number of nitrogens with zero attached hydrogens (tertiary/aromatic N) is 1. The monoisotopic (exact) mass is 509 g/mol. The first-order chi connectivity index (χ1) is 17.5. The quantitative estimate of drug-likeness (QED) is 0.286. The highest BCUT2D eigenvalue weighted by Gasteiger charge is 2.67. The van der Waals surface area contributed by atoms with Crippen molar-refractivity contribution in [2.75, 3.05) is 0 Å². The highest BCUT2D eigenvalue weighted by atomic mass is 16.9. The molecule has 0 aromatic heterocycles.